The molecule has 0 spiro atoms. The van der Waals surface area contributed by atoms with Crippen LogP contribution in [0.1, 0.15) is 22.0 Å². The van der Waals surface area contributed by atoms with Crippen molar-refractivity contribution in [2.24, 2.45) is 10.8 Å². The number of amidine groups is 1. The molecule has 0 unspecified atom stereocenters. The van der Waals surface area contributed by atoms with Crippen molar-refractivity contribution < 1.29 is 14.6 Å². The summed E-state index contributed by atoms with van der Waals surface area (Å²) < 4.78 is 5.44. The highest BCUT2D eigenvalue weighted by Gasteiger charge is 2.62. The number of epoxide rings is 1. The zero-order valence-corrected chi connectivity index (χ0v) is 13.6. The molecule has 0 radical (unpaired) electrons. The fourth-order valence-electron chi connectivity index (χ4n) is 2.35. The summed E-state index contributed by atoms with van der Waals surface area (Å²) >= 11 is 5.84. The molecule has 2 aromatic carbocycles. The normalized spacial score (nSPS) is 22.1. The fraction of sp³-hybridized carbons (Fsp3) is 0.118. The van der Waals surface area contributed by atoms with Crippen molar-refractivity contribution in [2.75, 3.05) is 0 Å². The van der Waals surface area contributed by atoms with E-state index in [0.717, 1.165) is 5.56 Å². The van der Waals surface area contributed by atoms with Gasteiger partial charge in [-0.25, -0.2) is 5.43 Å². The zero-order valence-electron chi connectivity index (χ0n) is 12.8. The molecule has 0 aromatic heterocycles. The van der Waals surface area contributed by atoms with E-state index in [1.54, 1.807) is 36.4 Å². The van der Waals surface area contributed by atoms with Crippen LogP contribution >= 0.6 is 11.6 Å². The number of hydrazone groups is 1. The lowest BCUT2D eigenvalue weighted by atomic mass is 10.00. The first-order valence-electron chi connectivity index (χ1n) is 7.24. The highest BCUT2D eigenvalue weighted by molar-refractivity contribution is 6.30. The van der Waals surface area contributed by atoms with Gasteiger partial charge in [-0.15, -0.1) is 0 Å². The number of hydrogen-bond donors (Lipinski definition) is 3. The molecule has 0 aliphatic carbocycles. The van der Waals surface area contributed by atoms with Gasteiger partial charge in [0.2, 0.25) is 5.60 Å². The highest BCUT2D eigenvalue weighted by atomic mass is 35.5. The van der Waals surface area contributed by atoms with E-state index in [0.29, 0.717) is 5.02 Å². The number of benzene rings is 2. The molecule has 3 rings (SSSR count). The molecule has 1 aliphatic rings. The third-order valence-electron chi connectivity index (χ3n) is 3.76. The van der Waals surface area contributed by atoms with Crippen LogP contribution in [-0.4, -0.2) is 22.5 Å². The van der Waals surface area contributed by atoms with Gasteiger partial charge in [0.1, 0.15) is 17.9 Å². The Bertz CT molecular complexity index is 892. The van der Waals surface area contributed by atoms with Crippen LogP contribution in [0.5, 0.6) is 5.75 Å². The lowest BCUT2D eigenvalue weighted by Gasteiger charge is -2.06. The Hall–Kier alpha value is -3.08. The number of halogens is 1. The number of nitriles is 1. The van der Waals surface area contributed by atoms with Gasteiger partial charge in [0.05, 0.1) is 5.56 Å². The van der Waals surface area contributed by atoms with Crippen LogP contribution in [0.15, 0.2) is 53.6 Å². The van der Waals surface area contributed by atoms with E-state index in [2.05, 4.69) is 10.5 Å². The molecule has 4 N–H and O–H groups in total. The first kappa shape index (κ1) is 16.8. The Morgan fingerprint density at radius 1 is 1.32 bits per heavy atom. The summed E-state index contributed by atoms with van der Waals surface area (Å²) in [4.78, 5) is 12.0. The molecular formula is C17H13ClN4O3. The van der Waals surface area contributed by atoms with Crippen LogP contribution in [0.3, 0.4) is 0 Å². The van der Waals surface area contributed by atoms with Gasteiger partial charge in [0.15, 0.2) is 5.84 Å². The summed E-state index contributed by atoms with van der Waals surface area (Å²) in [6.07, 6.45) is -0.597. The molecular weight excluding hydrogens is 344 g/mol. The van der Waals surface area contributed by atoms with Crippen molar-refractivity contribution in [3.63, 3.8) is 0 Å². The molecule has 126 valence electrons. The smallest absolute Gasteiger partial charge is 0.275 e. The molecule has 1 amide bonds. The van der Waals surface area contributed by atoms with Crippen LogP contribution in [0.4, 0.5) is 0 Å². The molecule has 7 nitrogen and oxygen atoms in total. The number of amides is 1. The summed E-state index contributed by atoms with van der Waals surface area (Å²) in [5.74, 6) is -1.03. The molecule has 1 fully saturated rings. The van der Waals surface area contributed by atoms with Crippen molar-refractivity contribution in [3.8, 4) is 11.8 Å². The first-order valence-corrected chi connectivity index (χ1v) is 7.62. The fourth-order valence-corrected chi connectivity index (χ4v) is 2.48. The van der Waals surface area contributed by atoms with E-state index >= 15 is 0 Å². The molecule has 0 saturated carbocycles. The second-order valence-electron chi connectivity index (χ2n) is 5.35. The summed E-state index contributed by atoms with van der Waals surface area (Å²) in [6, 6.07) is 14.8. The number of phenols is 1. The third-order valence-corrected chi connectivity index (χ3v) is 4.01. The Balaban J connectivity index is 1.75. The second kappa shape index (κ2) is 6.43. The molecule has 2 aromatic rings. The SMILES string of the molecule is N#C[C@]1(/C(N)=N/NC(=O)c2ccccc2O)O[C@@H]1c1ccc(Cl)cc1. The Kier molecular flexibility index (Phi) is 4.31. The number of carbonyl (C=O) groups is 1. The van der Waals surface area contributed by atoms with Crippen molar-refractivity contribution >= 4 is 23.3 Å². The number of para-hydroxylation sites is 1. The number of nitrogens with zero attached hydrogens (tertiary/aromatic N) is 2. The quantitative estimate of drug-likeness (QED) is 0.335. The van der Waals surface area contributed by atoms with E-state index in [-0.39, 0.29) is 17.1 Å². The number of nitrogens with one attached hydrogen (secondary N) is 1. The number of ether oxygens (including phenoxy) is 1. The van der Waals surface area contributed by atoms with Crippen LogP contribution in [0.25, 0.3) is 0 Å². The number of carbonyl (C=O) groups excluding carboxylic acids is 1. The van der Waals surface area contributed by atoms with Gasteiger partial charge >= 0.3 is 0 Å². The minimum Gasteiger partial charge on any atom is -0.507 e. The second-order valence-corrected chi connectivity index (χ2v) is 5.79. The number of aromatic hydroxyl groups is 1. The minimum absolute atomic E-state index is 0.0380. The Morgan fingerprint density at radius 3 is 2.64 bits per heavy atom. The van der Waals surface area contributed by atoms with Crippen molar-refractivity contribution in [1.82, 2.24) is 5.43 Å². The highest BCUT2D eigenvalue weighted by Crippen LogP contribution is 2.49. The summed E-state index contributed by atoms with van der Waals surface area (Å²) in [6.45, 7) is 0. The molecule has 0 bridgehead atoms. The average Bonchev–Trinajstić information content (AvgIpc) is 3.36. The van der Waals surface area contributed by atoms with E-state index in [4.69, 9.17) is 22.1 Å². The van der Waals surface area contributed by atoms with Crippen LogP contribution in [0.2, 0.25) is 5.02 Å². The van der Waals surface area contributed by atoms with Gasteiger partial charge in [-0.05, 0) is 29.8 Å². The average molecular weight is 357 g/mol. The maximum absolute atomic E-state index is 12.0. The largest absolute Gasteiger partial charge is 0.507 e. The third kappa shape index (κ3) is 3.13. The minimum atomic E-state index is -1.44. The van der Waals surface area contributed by atoms with E-state index in [1.807, 2.05) is 6.07 Å². The summed E-state index contributed by atoms with van der Waals surface area (Å²) in [5, 5.41) is 23.4. The summed E-state index contributed by atoms with van der Waals surface area (Å²) in [7, 11) is 0. The van der Waals surface area contributed by atoms with Gasteiger partial charge in [0, 0.05) is 5.02 Å². The number of nitrogens with two attached hydrogens (primary N) is 1. The molecule has 25 heavy (non-hydrogen) atoms. The topological polar surface area (TPSA) is 124 Å². The van der Waals surface area contributed by atoms with Crippen LogP contribution in [-0.2, 0) is 4.74 Å². The number of rotatable bonds is 4. The maximum Gasteiger partial charge on any atom is 0.275 e. The lowest BCUT2D eigenvalue weighted by molar-refractivity contribution is 0.0952. The van der Waals surface area contributed by atoms with E-state index in [1.165, 1.54) is 12.1 Å². The Morgan fingerprint density at radius 2 is 2.00 bits per heavy atom. The molecule has 1 heterocycles. The van der Waals surface area contributed by atoms with Crippen LogP contribution < -0.4 is 11.2 Å². The van der Waals surface area contributed by atoms with Crippen molar-refractivity contribution in [3.05, 3.63) is 64.7 Å². The van der Waals surface area contributed by atoms with E-state index < -0.39 is 17.6 Å². The number of hydrogen-bond acceptors (Lipinski definition) is 5. The summed E-state index contributed by atoms with van der Waals surface area (Å²) in [5.41, 5.74) is 7.37. The van der Waals surface area contributed by atoms with Gasteiger partial charge < -0.3 is 15.6 Å². The number of phenolic OH excluding ortho intramolecular Hbond substituents is 1. The monoisotopic (exact) mass is 356 g/mol. The predicted octanol–water partition coefficient (Wildman–Crippen LogP) is 2.08. The first-order chi connectivity index (χ1) is 12.0. The lowest BCUT2D eigenvalue weighted by Crippen LogP contribution is -2.35. The molecule has 1 aliphatic heterocycles. The molecule has 1 saturated heterocycles. The van der Waals surface area contributed by atoms with Crippen LogP contribution in [0, 0.1) is 11.3 Å². The van der Waals surface area contributed by atoms with Gasteiger partial charge in [-0.3, -0.25) is 4.79 Å². The molecule has 8 heteroatoms. The van der Waals surface area contributed by atoms with Gasteiger partial charge in [-0.1, -0.05) is 35.9 Å². The maximum atomic E-state index is 12.0. The predicted molar refractivity (Wildman–Crippen MR) is 90.8 cm³/mol. The van der Waals surface area contributed by atoms with Crippen molar-refractivity contribution in [2.45, 2.75) is 11.7 Å². The zero-order chi connectivity index (χ0) is 18.0. The van der Waals surface area contributed by atoms with Crippen molar-refractivity contribution in [1.29, 1.82) is 5.26 Å². The molecule has 2 atom stereocenters. The standard InChI is InChI=1S/C17H13ClN4O3/c18-11-7-5-10(6-8-11)14-17(9-19,25-14)16(20)22-21-15(24)12-3-1-2-4-13(12)23/h1-8,14,23H,(H2,20,22)(H,21,24)/t14-,17+/m1/s1. The van der Waals surface area contributed by atoms with Gasteiger partial charge in [-0.2, -0.15) is 10.4 Å². The van der Waals surface area contributed by atoms with Gasteiger partial charge in [0.25, 0.3) is 5.91 Å². The van der Waals surface area contributed by atoms with E-state index in [9.17, 15) is 15.2 Å². The Labute approximate surface area is 148 Å².